The van der Waals surface area contributed by atoms with Crippen LogP contribution in [0, 0.1) is 5.41 Å². The molecule has 3 fully saturated rings. The third-order valence-corrected chi connectivity index (χ3v) is 8.18. The van der Waals surface area contributed by atoms with Crippen molar-refractivity contribution < 1.29 is 4.74 Å². The number of rotatable bonds is 8. The Bertz CT molecular complexity index is 1190. The number of halogens is 1. The van der Waals surface area contributed by atoms with Crippen molar-refractivity contribution in [3.63, 3.8) is 0 Å². The van der Waals surface area contributed by atoms with Gasteiger partial charge in [-0.2, -0.15) is 0 Å². The highest BCUT2D eigenvalue weighted by molar-refractivity contribution is 6.31. The van der Waals surface area contributed by atoms with Gasteiger partial charge in [0, 0.05) is 43.9 Å². The van der Waals surface area contributed by atoms with Gasteiger partial charge in [0.05, 0.1) is 30.5 Å². The van der Waals surface area contributed by atoms with E-state index in [1.54, 1.807) is 6.33 Å². The van der Waals surface area contributed by atoms with E-state index < -0.39 is 0 Å². The van der Waals surface area contributed by atoms with Gasteiger partial charge in [-0.05, 0) is 60.5 Å². The Morgan fingerprint density at radius 2 is 2.06 bits per heavy atom. The van der Waals surface area contributed by atoms with Crippen LogP contribution in [0.5, 0.6) is 0 Å². The number of nitrogens with zero attached hydrogens (tertiary/aromatic N) is 5. The summed E-state index contributed by atoms with van der Waals surface area (Å²) in [5.41, 5.74) is 4.95. The van der Waals surface area contributed by atoms with E-state index in [4.69, 9.17) is 16.3 Å². The van der Waals surface area contributed by atoms with Crippen LogP contribution in [0.3, 0.4) is 0 Å². The maximum absolute atomic E-state index is 6.63. The fourth-order valence-electron chi connectivity index (χ4n) is 5.36. The summed E-state index contributed by atoms with van der Waals surface area (Å²) in [5.74, 6) is 0.971. The van der Waals surface area contributed by atoms with Gasteiger partial charge in [0.2, 0.25) is 0 Å². The molecule has 1 N–H and O–H groups in total. The topological polar surface area (TPSA) is 68.1 Å². The molecule has 2 saturated heterocycles. The van der Waals surface area contributed by atoms with Gasteiger partial charge in [0.25, 0.3) is 0 Å². The molecule has 1 aliphatic carbocycles. The molecule has 0 bridgehead atoms. The average Bonchev–Trinajstić information content (AvgIpc) is 3.26. The van der Waals surface area contributed by atoms with Gasteiger partial charge < -0.3 is 14.6 Å². The van der Waals surface area contributed by atoms with Crippen molar-refractivity contribution in [1.29, 1.82) is 0 Å². The molecule has 8 heteroatoms. The Labute approximate surface area is 205 Å². The average molecular weight is 479 g/mol. The molecule has 1 spiro atoms. The summed E-state index contributed by atoms with van der Waals surface area (Å²) in [7, 11) is 1.98. The number of benzene rings is 1. The lowest BCUT2D eigenvalue weighted by molar-refractivity contribution is -0.0610. The molecule has 0 atom stereocenters. The van der Waals surface area contributed by atoms with Crippen molar-refractivity contribution in [3.05, 3.63) is 70.5 Å². The quantitative estimate of drug-likeness (QED) is 0.528. The molecule has 1 aromatic carbocycles. The molecule has 3 aliphatic rings. The van der Waals surface area contributed by atoms with E-state index in [2.05, 4.69) is 55.7 Å². The van der Waals surface area contributed by atoms with E-state index in [0.717, 1.165) is 35.2 Å². The number of pyridine rings is 1. The number of anilines is 1. The Hall–Kier alpha value is -2.48. The highest BCUT2D eigenvalue weighted by Gasteiger charge is 2.47. The summed E-state index contributed by atoms with van der Waals surface area (Å²) in [6.07, 6.45) is 8.70. The molecule has 2 aromatic heterocycles. The number of aromatic nitrogens is 4. The van der Waals surface area contributed by atoms with E-state index in [1.165, 1.54) is 43.5 Å². The normalized spacial score (nSPS) is 20.4. The standard InChI is InChI=1S/C26H31ClN6O/c1-32-18-30-31-24(32)11-26(16-34-17-26)20-3-2-4-21(10-20)28-13-23-22(27)9-19(12-29-23)14-33-8-7-25(15-33)5-6-25/h2-4,9-10,12,18,28H,5-8,11,13-17H2,1H3. The summed E-state index contributed by atoms with van der Waals surface area (Å²) in [6, 6.07) is 10.6. The summed E-state index contributed by atoms with van der Waals surface area (Å²) in [6.45, 7) is 5.34. The summed E-state index contributed by atoms with van der Waals surface area (Å²) in [5, 5.41) is 12.6. The van der Waals surface area contributed by atoms with Crippen LogP contribution in [0.15, 0.2) is 42.9 Å². The van der Waals surface area contributed by atoms with E-state index in [0.29, 0.717) is 25.2 Å². The van der Waals surface area contributed by atoms with Crippen LogP contribution in [-0.2, 0) is 36.7 Å². The molecule has 0 unspecified atom stereocenters. The summed E-state index contributed by atoms with van der Waals surface area (Å²) < 4.78 is 7.61. The molecule has 2 aliphatic heterocycles. The number of nitrogens with one attached hydrogen (secondary N) is 1. The molecule has 3 aromatic rings. The second kappa shape index (κ2) is 8.63. The third kappa shape index (κ3) is 4.32. The second-order valence-electron chi connectivity index (χ2n) is 10.5. The lowest BCUT2D eigenvalue weighted by Gasteiger charge is -2.41. The molecule has 6 rings (SSSR count). The van der Waals surface area contributed by atoms with Crippen LogP contribution in [-0.4, -0.2) is 51.0 Å². The molecular formula is C26H31ClN6O. The number of aryl methyl sites for hydroxylation is 1. The van der Waals surface area contributed by atoms with Gasteiger partial charge in [-0.3, -0.25) is 9.88 Å². The van der Waals surface area contributed by atoms with Crippen molar-refractivity contribution in [3.8, 4) is 0 Å². The molecule has 7 nitrogen and oxygen atoms in total. The molecule has 178 valence electrons. The zero-order chi connectivity index (χ0) is 23.2. The van der Waals surface area contributed by atoms with Crippen molar-refractivity contribution in [2.75, 3.05) is 31.6 Å². The monoisotopic (exact) mass is 478 g/mol. The first-order valence-corrected chi connectivity index (χ1v) is 12.5. The Morgan fingerprint density at radius 3 is 2.74 bits per heavy atom. The van der Waals surface area contributed by atoms with Crippen LogP contribution in [0.25, 0.3) is 0 Å². The summed E-state index contributed by atoms with van der Waals surface area (Å²) >= 11 is 6.63. The number of hydrogen-bond donors (Lipinski definition) is 1. The fraction of sp³-hybridized carbons (Fsp3) is 0.500. The van der Waals surface area contributed by atoms with Crippen LogP contribution in [0.2, 0.25) is 5.02 Å². The zero-order valence-electron chi connectivity index (χ0n) is 19.6. The van der Waals surface area contributed by atoms with Crippen LogP contribution < -0.4 is 5.32 Å². The number of ether oxygens (including phenoxy) is 1. The van der Waals surface area contributed by atoms with E-state index in [-0.39, 0.29) is 5.41 Å². The predicted molar refractivity (Wildman–Crippen MR) is 132 cm³/mol. The van der Waals surface area contributed by atoms with Crippen LogP contribution in [0.4, 0.5) is 5.69 Å². The predicted octanol–water partition coefficient (Wildman–Crippen LogP) is 3.97. The van der Waals surface area contributed by atoms with Crippen molar-refractivity contribution in [2.45, 2.75) is 44.2 Å². The molecular weight excluding hydrogens is 448 g/mol. The van der Waals surface area contributed by atoms with Gasteiger partial charge in [-0.15, -0.1) is 10.2 Å². The molecule has 0 amide bonds. The number of likely N-dealkylation sites (tertiary alicyclic amines) is 1. The molecule has 4 heterocycles. The second-order valence-corrected chi connectivity index (χ2v) is 10.9. The van der Waals surface area contributed by atoms with Gasteiger partial charge in [0.15, 0.2) is 0 Å². The fourth-order valence-corrected chi connectivity index (χ4v) is 5.62. The molecule has 0 radical (unpaired) electrons. The summed E-state index contributed by atoms with van der Waals surface area (Å²) in [4.78, 5) is 7.23. The van der Waals surface area contributed by atoms with Crippen molar-refractivity contribution in [1.82, 2.24) is 24.6 Å². The Balaban J connectivity index is 1.10. The molecule has 1 saturated carbocycles. The van der Waals surface area contributed by atoms with Gasteiger partial charge in [-0.1, -0.05) is 23.7 Å². The highest BCUT2D eigenvalue weighted by Crippen LogP contribution is 2.52. The first-order chi connectivity index (χ1) is 16.5. The van der Waals surface area contributed by atoms with E-state index >= 15 is 0 Å². The van der Waals surface area contributed by atoms with Gasteiger partial charge >= 0.3 is 0 Å². The lowest BCUT2D eigenvalue weighted by Crippen LogP contribution is -2.49. The van der Waals surface area contributed by atoms with Gasteiger partial charge in [0.1, 0.15) is 12.2 Å². The molecule has 34 heavy (non-hydrogen) atoms. The third-order valence-electron chi connectivity index (χ3n) is 7.85. The van der Waals surface area contributed by atoms with Crippen LogP contribution in [0.1, 0.15) is 41.9 Å². The van der Waals surface area contributed by atoms with Crippen molar-refractivity contribution >= 4 is 17.3 Å². The zero-order valence-corrected chi connectivity index (χ0v) is 20.4. The van der Waals surface area contributed by atoms with Gasteiger partial charge in [-0.25, -0.2) is 0 Å². The van der Waals surface area contributed by atoms with E-state index in [1.807, 2.05) is 17.8 Å². The lowest BCUT2D eigenvalue weighted by atomic mass is 9.75. The minimum Gasteiger partial charge on any atom is -0.379 e. The highest BCUT2D eigenvalue weighted by atomic mass is 35.5. The maximum atomic E-state index is 6.63. The number of hydrogen-bond acceptors (Lipinski definition) is 6. The minimum absolute atomic E-state index is 0.0648. The first-order valence-electron chi connectivity index (χ1n) is 12.1. The minimum atomic E-state index is -0.0648. The smallest absolute Gasteiger partial charge is 0.133 e. The van der Waals surface area contributed by atoms with Crippen LogP contribution >= 0.6 is 11.6 Å². The first kappa shape index (κ1) is 22.0. The Kier molecular flexibility index (Phi) is 5.59. The largest absolute Gasteiger partial charge is 0.379 e. The Morgan fingerprint density at radius 1 is 1.18 bits per heavy atom. The maximum Gasteiger partial charge on any atom is 0.133 e. The van der Waals surface area contributed by atoms with Crippen molar-refractivity contribution in [2.24, 2.45) is 12.5 Å². The van der Waals surface area contributed by atoms with E-state index in [9.17, 15) is 0 Å². The SMILES string of the molecule is Cn1cnnc1CC1(c2cccc(NCc3ncc(CN4CCC5(CC5)C4)cc3Cl)c2)COC1.